The molecule has 39 heavy (non-hydrogen) atoms. The van der Waals surface area contributed by atoms with Gasteiger partial charge in [-0.15, -0.1) is 0 Å². The van der Waals surface area contributed by atoms with Crippen LogP contribution in [0.25, 0.3) is 0 Å². The van der Waals surface area contributed by atoms with Crippen molar-refractivity contribution in [2.45, 2.75) is 118 Å². The van der Waals surface area contributed by atoms with Crippen molar-refractivity contribution in [3.8, 4) is 0 Å². The zero-order valence-electron chi connectivity index (χ0n) is 26.8. The van der Waals surface area contributed by atoms with Crippen molar-refractivity contribution in [1.82, 2.24) is 0 Å². The van der Waals surface area contributed by atoms with Crippen molar-refractivity contribution in [2.75, 3.05) is 0 Å². The van der Waals surface area contributed by atoms with Crippen molar-refractivity contribution < 1.29 is 12.3 Å². The Morgan fingerprint density at radius 2 is 0.949 bits per heavy atom. The van der Waals surface area contributed by atoms with E-state index in [1.165, 1.54) is 54.9 Å². The quantitative estimate of drug-likeness (QED) is 0.159. The van der Waals surface area contributed by atoms with E-state index in [9.17, 15) is 0 Å². The first-order chi connectivity index (χ1) is 18.2. The summed E-state index contributed by atoms with van der Waals surface area (Å²) in [6, 6.07) is 23.9. The lowest BCUT2D eigenvalue weighted by atomic mass is 10.0. The normalized spacial score (nSPS) is 14.8. The van der Waals surface area contributed by atoms with E-state index >= 15 is 0 Å². The molecule has 2 aromatic carbocycles. The molecule has 0 N–H and O–H groups in total. The smallest absolute Gasteiger partial charge is 0.388 e. The number of hydrogen-bond acceptors (Lipinski definition) is 3. The molecule has 0 amide bonds. The Labute approximate surface area is 245 Å². The Hall–Kier alpha value is -0.812. The van der Waals surface area contributed by atoms with E-state index in [0.29, 0.717) is 0 Å². The van der Waals surface area contributed by atoms with Crippen LogP contribution in [0.3, 0.4) is 0 Å². The minimum absolute atomic E-state index is 0.767. The molecule has 0 aromatic heterocycles. The van der Waals surface area contributed by atoms with Crippen LogP contribution in [-0.2, 0) is 12.3 Å². The summed E-state index contributed by atoms with van der Waals surface area (Å²) in [7, 11) is -9.56. The van der Waals surface area contributed by atoms with Crippen molar-refractivity contribution in [2.24, 2.45) is 11.8 Å². The lowest BCUT2D eigenvalue weighted by Crippen LogP contribution is -2.71. The summed E-state index contributed by atoms with van der Waals surface area (Å²) in [5, 5.41) is 2.39. The molecule has 1 unspecified atom stereocenters. The van der Waals surface area contributed by atoms with Crippen LogP contribution in [0.15, 0.2) is 60.7 Å². The summed E-state index contributed by atoms with van der Waals surface area (Å²) in [5.41, 5.74) is 0. The van der Waals surface area contributed by atoms with Crippen LogP contribution in [0.5, 0.6) is 0 Å². The second-order valence-electron chi connectivity index (χ2n) is 13.4. The maximum atomic E-state index is 7.52. The number of hydrogen-bond donors (Lipinski definition) is 0. The van der Waals surface area contributed by atoms with Crippen LogP contribution in [0.2, 0.25) is 51.4 Å². The van der Waals surface area contributed by atoms with Gasteiger partial charge >= 0.3 is 17.1 Å². The van der Waals surface area contributed by atoms with Gasteiger partial charge in [-0.3, -0.25) is 0 Å². The van der Waals surface area contributed by atoms with Gasteiger partial charge in [0.05, 0.1) is 0 Å². The minimum atomic E-state index is -3.04. The fourth-order valence-corrected chi connectivity index (χ4v) is 24.1. The molecule has 7 heteroatoms. The van der Waals surface area contributed by atoms with Crippen molar-refractivity contribution in [3.05, 3.63) is 60.7 Å². The highest BCUT2D eigenvalue weighted by atomic mass is 28.5. The molecule has 0 fully saturated rings. The van der Waals surface area contributed by atoms with E-state index in [1.807, 2.05) is 0 Å². The molecule has 220 valence electrons. The standard InChI is InChI=1S/C32H58O3Si4/c1-11-29(3)21-19-27-36(5,6)33-38(9,10)35-39(31-23-15-13-16-24-31,32-25-17-14-18-26-32)34-37(7,8)28-20-22-30(4)12-2/h13-18,23-26,29-30H,11-12,19-22,27-28H2,1-10H3/t29?,30-/m1/s1. The first kappa shape index (κ1) is 34.4. The number of rotatable bonds is 18. The van der Waals surface area contributed by atoms with E-state index in [-0.39, 0.29) is 0 Å². The van der Waals surface area contributed by atoms with Gasteiger partial charge in [-0.05, 0) is 73.6 Å². The first-order valence-electron chi connectivity index (χ1n) is 15.5. The minimum Gasteiger partial charge on any atom is -0.436 e. The van der Waals surface area contributed by atoms with Gasteiger partial charge in [-0.25, -0.2) is 0 Å². The van der Waals surface area contributed by atoms with Crippen LogP contribution in [-0.4, -0.2) is 33.8 Å². The topological polar surface area (TPSA) is 27.7 Å². The lowest BCUT2D eigenvalue weighted by molar-refractivity contribution is 0.338. The maximum Gasteiger partial charge on any atom is 0.388 e. The Morgan fingerprint density at radius 3 is 1.33 bits per heavy atom. The van der Waals surface area contributed by atoms with Crippen LogP contribution < -0.4 is 10.4 Å². The molecule has 0 aliphatic rings. The SMILES string of the molecule is CCC(C)CCC[Si](C)(C)O[Si](C)(C)O[Si](O[Si](C)(C)CCC[C@H](C)CC)(c1ccccc1)c1ccccc1. The van der Waals surface area contributed by atoms with Gasteiger partial charge in [0.25, 0.3) is 0 Å². The molecule has 0 aliphatic carbocycles. The van der Waals surface area contributed by atoms with Gasteiger partial charge in [-0.2, -0.15) is 0 Å². The molecule has 2 atom stereocenters. The third-order valence-corrected chi connectivity index (χ3v) is 23.9. The van der Waals surface area contributed by atoms with Gasteiger partial charge < -0.3 is 12.3 Å². The van der Waals surface area contributed by atoms with E-state index in [4.69, 9.17) is 12.3 Å². The third kappa shape index (κ3) is 11.5. The fourth-order valence-electron chi connectivity index (χ4n) is 5.42. The van der Waals surface area contributed by atoms with Gasteiger partial charge in [0, 0.05) is 0 Å². The van der Waals surface area contributed by atoms with Gasteiger partial charge in [0.1, 0.15) is 0 Å². The molecule has 0 bridgehead atoms. The molecule has 2 aromatic rings. The molecule has 0 saturated carbocycles. The van der Waals surface area contributed by atoms with Gasteiger partial charge in [0.2, 0.25) is 0 Å². The molecular weight excluding hydrogens is 545 g/mol. The average Bonchev–Trinajstić information content (AvgIpc) is 2.87. The van der Waals surface area contributed by atoms with Crippen LogP contribution in [0.1, 0.15) is 66.2 Å². The zero-order valence-corrected chi connectivity index (χ0v) is 30.8. The van der Waals surface area contributed by atoms with Crippen LogP contribution in [0.4, 0.5) is 0 Å². The molecule has 0 aliphatic heterocycles. The summed E-state index contributed by atoms with van der Waals surface area (Å²) in [6.45, 7) is 23.4. The highest BCUT2D eigenvalue weighted by molar-refractivity contribution is 7.02. The molecule has 0 saturated heterocycles. The molecule has 0 heterocycles. The second-order valence-corrected chi connectivity index (χ2v) is 29.1. The summed E-state index contributed by atoms with van der Waals surface area (Å²) >= 11 is 0. The molecule has 2 rings (SSSR count). The average molecular weight is 603 g/mol. The summed E-state index contributed by atoms with van der Waals surface area (Å²) < 4.78 is 22.1. The van der Waals surface area contributed by atoms with E-state index in [0.717, 1.165) is 17.9 Å². The van der Waals surface area contributed by atoms with Crippen LogP contribution in [0, 0.1) is 11.8 Å². The monoisotopic (exact) mass is 602 g/mol. The van der Waals surface area contributed by atoms with E-state index in [1.54, 1.807) is 0 Å². The van der Waals surface area contributed by atoms with Gasteiger partial charge in [0.15, 0.2) is 16.6 Å². The van der Waals surface area contributed by atoms with Gasteiger partial charge in [-0.1, -0.05) is 127 Å². The highest BCUT2D eigenvalue weighted by Gasteiger charge is 2.52. The number of benzene rings is 2. The predicted octanol–water partition coefficient (Wildman–Crippen LogP) is 9.06. The Balaban J connectivity index is 2.43. The third-order valence-electron chi connectivity index (χ3n) is 7.98. The van der Waals surface area contributed by atoms with E-state index < -0.39 is 33.8 Å². The van der Waals surface area contributed by atoms with Crippen LogP contribution >= 0.6 is 0 Å². The second kappa shape index (κ2) is 15.4. The Morgan fingerprint density at radius 1 is 0.564 bits per heavy atom. The first-order valence-corrected chi connectivity index (χ1v) is 26.3. The predicted molar refractivity (Wildman–Crippen MR) is 181 cm³/mol. The van der Waals surface area contributed by atoms with Crippen molar-refractivity contribution in [1.29, 1.82) is 0 Å². The largest absolute Gasteiger partial charge is 0.436 e. The zero-order chi connectivity index (χ0) is 29.2. The summed E-state index contributed by atoms with van der Waals surface area (Å²) in [5.74, 6) is 1.55. The van der Waals surface area contributed by atoms with Crippen molar-refractivity contribution in [3.63, 3.8) is 0 Å². The maximum absolute atomic E-state index is 7.52. The Bertz CT molecular complexity index is 911. The molecule has 3 nitrogen and oxygen atoms in total. The summed E-state index contributed by atoms with van der Waals surface area (Å²) in [4.78, 5) is 0. The molecular formula is C32H58O3Si4. The Kier molecular flexibility index (Phi) is 13.6. The molecule has 0 spiro atoms. The summed E-state index contributed by atoms with van der Waals surface area (Å²) in [6.07, 6.45) is 7.50. The van der Waals surface area contributed by atoms with Crippen molar-refractivity contribution >= 4 is 44.1 Å². The fraction of sp³-hybridized carbons (Fsp3) is 0.625. The van der Waals surface area contributed by atoms with E-state index in [2.05, 4.69) is 128 Å². The molecule has 0 radical (unpaired) electrons. The highest BCUT2D eigenvalue weighted by Crippen LogP contribution is 2.29. The lowest BCUT2D eigenvalue weighted by Gasteiger charge is -2.44.